The van der Waals surface area contributed by atoms with Crippen LogP contribution >= 0.6 is 23.1 Å². The van der Waals surface area contributed by atoms with E-state index in [2.05, 4.69) is 33.7 Å². The largest absolute Gasteiger partial charge is 0.347 e. The van der Waals surface area contributed by atoms with Gasteiger partial charge >= 0.3 is 0 Å². The molecule has 0 saturated carbocycles. The van der Waals surface area contributed by atoms with E-state index in [1.807, 2.05) is 29.3 Å². The standard InChI is InChI=1S/C12H15N3S2/c1-8-4-11(10-2-3-16-12(10)17-8)14-6-9-5-13-7-15-9/h2-3,5,7-8,11,14H,4,6H2,1H3,(H,13,15)/t8-,11?/m0/s1. The molecule has 0 spiro atoms. The molecule has 0 aromatic carbocycles. The molecule has 2 N–H and O–H groups in total. The van der Waals surface area contributed by atoms with Crippen LogP contribution in [0.1, 0.15) is 30.6 Å². The Bertz CT molecular complexity index is 478. The molecule has 2 aromatic heterocycles. The SMILES string of the molecule is C[C@H]1CC(NCc2cnc[nH]2)c2ccsc2S1. The lowest BCUT2D eigenvalue weighted by atomic mass is 10.0. The molecule has 3 rings (SSSR count). The van der Waals surface area contributed by atoms with Crippen molar-refractivity contribution in [1.29, 1.82) is 0 Å². The van der Waals surface area contributed by atoms with E-state index in [0.29, 0.717) is 11.3 Å². The summed E-state index contributed by atoms with van der Waals surface area (Å²) in [4.78, 5) is 7.17. The van der Waals surface area contributed by atoms with Crippen LogP contribution in [0, 0.1) is 0 Å². The normalized spacial score (nSPS) is 23.6. The van der Waals surface area contributed by atoms with Crippen LogP contribution in [0.15, 0.2) is 28.2 Å². The van der Waals surface area contributed by atoms with Gasteiger partial charge in [0.25, 0.3) is 0 Å². The van der Waals surface area contributed by atoms with Crippen molar-refractivity contribution >= 4 is 23.1 Å². The van der Waals surface area contributed by atoms with E-state index >= 15 is 0 Å². The van der Waals surface area contributed by atoms with Gasteiger partial charge in [0.1, 0.15) is 0 Å². The zero-order chi connectivity index (χ0) is 11.7. The van der Waals surface area contributed by atoms with E-state index in [1.54, 1.807) is 6.33 Å². The molecule has 2 atom stereocenters. The van der Waals surface area contributed by atoms with Gasteiger partial charge in [0.2, 0.25) is 0 Å². The highest BCUT2D eigenvalue weighted by atomic mass is 32.2. The van der Waals surface area contributed by atoms with E-state index in [9.17, 15) is 0 Å². The summed E-state index contributed by atoms with van der Waals surface area (Å²) in [7, 11) is 0. The quantitative estimate of drug-likeness (QED) is 0.895. The molecule has 0 radical (unpaired) electrons. The summed E-state index contributed by atoms with van der Waals surface area (Å²) in [6.07, 6.45) is 4.80. The van der Waals surface area contributed by atoms with Gasteiger partial charge in [-0.3, -0.25) is 0 Å². The lowest BCUT2D eigenvalue weighted by molar-refractivity contribution is 0.485. The van der Waals surface area contributed by atoms with E-state index < -0.39 is 0 Å². The molecule has 1 unspecified atom stereocenters. The smallest absolute Gasteiger partial charge is 0.0922 e. The lowest BCUT2D eigenvalue weighted by Gasteiger charge is -2.27. The van der Waals surface area contributed by atoms with Crippen molar-refractivity contribution in [3.63, 3.8) is 0 Å². The zero-order valence-electron chi connectivity index (χ0n) is 9.64. The van der Waals surface area contributed by atoms with Gasteiger partial charge < -0.3 is 10.3 Å². The van der Waals surface area contributed by atoms with Crippen LogP contribution in [0.3, 0.4) is 0 Å². The number of fused-ring (bicyclic) bond motifs is 1. The number of hydrogen-bond donors (Lipinski definition) is 2. The highest BCUT2D eigenvalue weighted by Gasteiger charge is 2.25. The second-order valence-corrected chi connectivity index (χ2v) is 6.96. The number of thioether (sulfide) groups is 1. The van der Waals surface area contributed by atoms with Crippen LogP contribution < -0.4 is 5.32 Å². The fourth-order valence-electron chi connectivity index (χ4n) is 2.16. The molecule has 5 heteroatoms. The zero-order valence-corrected chi connectivity index (χ0v) is 11.3. The number of nitrogens with one attached hydrogen (secondary N) is 2. The highest BCUT2D eigenvalue weighted by molar-refractivity contribution is 8.01. The molecule has 0 saturated heterocycles. The van der Waals surface area contributed by atoms with Gasteiger partial charge in [0, 0.05) is 29.7 Å². The van der Waals surface area contributed by atoms with Crippen LogP contribution in [-0.2, 0) is 6.54 Å². The maximum atomic E-state index is 4.04. The third-order valence-electron chi connectivity index (χ3n) is 3.00. The van der Waals surface area contributed by atoms with Crippen LogP contribution in [0.5, 0.6) is 0 Å². The van der Waals surface area contributed by atoms with Crippen molar-refractivity contribution in [2.75, 3.05) is 0 Å². The van der Waals surface area contributed by atoms with Crippen molar-refractivity contribution < 1.29 is 0 Å². The number of nitrogens with zero attached hydrogens (tertiary/aromatic N) is 1. The third kappa shape index (κ3) is 2.41. The summed E-state index contributed by atoms with van der Waals surface area (Å²) in [5, 5.41) is 6.51. The van der Waals surface area contributed by atoms with Crippen molar-refractivity contribution in [1.82, 2.24) is 15.3 Å². The molecule has 1 aliphatic rings. The first-order valence-electron chi connectivity index (χ1n) is 5.77. The minimum absolute atomic E-state index is 0.482. The van der Waals surface area contributed by atoms with Crippen LogP contribution in [0.25, 0.3) is 0 Å². The Morgan fingerprint density at radius 2 is 2.53 bits per heavy atom. The van der Waals surface area contributed by atoms with Crippen molar-refractivity contribution in [2.24, 2.45) is 0 Å². The Hall–Kier alpha value is -0.780. The van der Waals surface area contributed by atoms with Gasteiger partial charge in [-0.1, -0.05) is 6.92 Å². The molecule has 3 nitrogen and oxygen atoms in total. The summed E-state index contributed by atoms with van der Waals surface area (Å²) >= 11 is 3.86. The molecule has 3 heterocycles. The lowest BCUT2D eigenvalue weighted by Crippen LogP contribution is -2.26. The van der Waals surface area contributed by atoms with Crippen molar-refractivity contribution in [2.45, 2.75) is 35.4 Å². The van der Waals surface area contributed by atoms with Crippen LogP contribution in [0.2, 0.25) is 0 Å². The molecule has 0 amide bonds. The maximum Gasteiger partial charge on any atom is 0.0922 e. The number of H-pyrrole nitrogens is 1. The van der Waals surface area contributed by atoms with Gasteiger partial charge in [-0.25, -0.2) is 4.98 Å². The van der Waals surface area contributed by atoms with Gasteiger partial charge in [0.15, 0.2) is 0 Å². The maximum absolute atomic E-state index is 4.04. The van der Waals surface area contributed by atoms with E-state index in [0.717, 1.165) is 12.2 Å². The fourth-order valence-corrected chi connectivity index (χ4v) is 4.72. The van der Waals surface area contributed by atoms with E-state index in [-0.39, 0.29) is 0 Å². The first-order chi connectivity index (χ1) is 8.33. The Morgan fingerprint density at radius 1 is 1.59 bits per heavy atom. The Balaban J connectivity index is 1.71. The van der Waals surface area contributed by atoms with Crippen molar-refractivity contribution in [3.8, 4) is 0 Å². The van der Waals surface area contributed by atoms with Crippen LogP contribution in [0.4, 0.5) is 0 Å². The molecule has 2 aromatic rings. The van der Waals surface area contributed by atoms with Crippen LogP contribution in [-0.4, -0.2) is 15.2 Å². The average molecular weight is 265 g/mol. The number of aromatic amines is 1. The summed E-state index contributed by atoms with van der Waals surface area (Å²) in [6.45, 7) is 3.16. The monoisotopic (exact) mass is 265 g/mol. The molecule has 0 fully saturated rings. The molecule has 0 bridgehead atoms. The predicted octanol–water partition coefficient (Wildman–Crippen LogP) is 3.19. The first kappa shape index (κ1) is 11.3. The van der Waals surface area contributed by atoms with Gasteiger partial charge in [-0.05, 0) is 23.4 Å². The van der Waals surface area contributed by atoms with Crippen molar-refractivity contribution in [3.05, 3.63) is 35.2 Å². The van der Waals surface area contributed by atoms with Gasteiger partial charge in [-0.2, -0.15) is 0 Å². The molecule has 1 aliphatic heterocycles. The highest BCUT2D eigenvalue weighted by Crippen LogP contribution is 2.43. The summed E-state index contributed by atoms with van der Waals surface area (Å²) in [6, 6.07) is 2.74. The van der Waals surface area contributed by atoms with E-state index in [4.69, 9.17) is 0 Å². The Morgan fingerprint density at radius 3 is 3.35 bits per heavy atom. The summed E-state index contributed by atoms with van der Waals surface area (Å²) in [5.74, 6) is 0. The molecule has 90 valence electrons. The topological polar surface area (TPSA) is 40.7 Å². The minimum Gasteiger partial charge on any atom is -0.347 e. The van der Waals surface area contributed by atoms with E-state index in [1.165, 1.54) is 16.2 Å². The Kier molecular flexibility index (Phi) is 3.22. The second-order valence-electron chi connectivity index (χ2n) is 4.34. The number of rotatable bonds is 3. The number of aromatic nitrogens is 2. The minimum atomic E-state index is 0.482. The molecule has 0 aliphatic carbocycles. The van der Waals surface area contributed by atoms with Gasteiger partial charge in [-0.15, -0.1) is 23.1 Å². The number of hydrogen-bond acceptors (Lipinski definition) is 4. The summed E-state index contributed by atoms with van der Waals surface area (Å²) < 4.78 is 1.48. The third-order valence-corrected chi connectivity index (χ3v) is 5.35. The Labute approximate surface area is 109 Å². The molecular formula is C12H15N3S2. The number of imidazole rings is 1. The second kappa shape index (κ2) is 4.84. The van der Waals surface area contributed by atoms with Gasteiger partial charge in [0.05, 0.1) is 10.5 Å². The summed E-state index contributed by atoms with van der Waals surface area (Å²) in [5.41, 5.74) is 2.62. The molecular weight excluding hydrogens is 250 g/mol. The fraction of sp³-hybridized carbons (Fsp3) is 0.417. The first-order valence-corrected chi connectivity index (χ1v) is 7.53. The molecule has 17 heavy (non-hydrogen) atoms. The average Bonchev–Trinajstić information content (AvgIpc) is 2.95. The predicted molar refractivity (Wildman–Crippen MR) is 72.4 cm³/mol. The number of thiophene rings is 1.